The maximum absolute atomic E-state index is 11.8. The smallest absolute Gasteiger partial charge is 0.226 e. The van der Waals surface area contributed by atoms with Crippen LogP contribution in [0.15, 0.2) is 24.3 Å². The molecule has 0 bridgehead atoms. The Bertz CT molecular complexity index is 355. The van der Waals surface area contributed by atoms with Gasteiger partial charge >= 0.3 is 0 Å². The highest BCUT2D eigenvalue weighted by Crippen LogP contribution is 2.26. The van der Waals surface area contributed by atoms with Gasteiger partial charge in [0.2, 0.25) is 5.91 Å². The lowest BCUT2D eigenvalue weighted by molar-refractivity contribution is -0.118. The van der Waals surface area contributed by atoms with Crippen LogP contribution in [0.5, 0.6) is 5.75 Å². The number of carbonyl (C=O) groups is 1. The zero-order valence-electron chi connectivity index (χ0n) is 9.57. The summed E-state index contributed by atoms with van der Waals surface area (Å²) in [5.41, 5.74) is 0.782. The molecule has 0 fully saturated rings. The highest BCUT2D eigenvalue weighted by Gasteiger charge is 2.13. The summed E-state index contributed by atoms with van der Waals surface area (Å²) >= 11 is 5.56. The number of rotatable bonds is 5. The molecule has 88 valence electrons. The molecule has 0 aliphatic heterocycles. The fourth-order valence-electron chi connectivity index (χ4n) is 1.43. The van der Waals surface area contributed by atoms with E-state index in [1.807, 2.05) is 24.3 Å². The molecule has 1 aromatic rings. The van der Waals surface area contributed by atoms with E-state index in [0.29, 0.717) is 24.5 Å². The molecule has 0 aliphatic rings. The van der Waals surface area contributed by atoms with E-state index in [2.05, 4.69) is 0 Å². The highest BCUT2D eigenvalue weighted by atomic mass is 35.5. The molecule has 0 saturated carbocycles. The van der Waals surface area contributed by atoms with Crippen molar-refractivity contribution in [2.24, 2.45) is 0 Å². The number of amides is 1. The van der Waals surface area contributed by atoms with E-state index in [-0.39, 0.29) is 5.91 Å². The van der Waals surface area contributed by atoms with Crippen molar-refractivity contribution < 1.29 is 9.53 Å². The van der Waals surface area contributed by atoms with Crippen LogP contribution in [0, 0.1) is 0 Å². The molecule has 0 unspecified atom stereocenters. The lowest BCUT2D eigenvalue weighted by atomic mass is 10.2. The average molecular weight is 242 g/mol. The summed E-state index contributed by atoms with van der Waals surface area (Å²) in [5.74, 6) is 1.25. The van der Waals surface area contributed by atoms with Gasteiger partial charge in [0.05, 0.1) is 12.8 Å². The fourth-order valence-corrected chi connectivity index (χ4v) is 1.56. The number of anilines is 1. The number of methoxy groups -OCH3 is 1. The van der Waals surface area contributed by atoms with E-state index < -0.39 is 0 Å². The third-order valence-electron chi connectivity index (χ3n) is 2.34. The van der Waals surface area contributed by atoms with Crippen LogP contribution in [0.3, 0.4) is 0 Å². The summed E-state index contributed by atoms with van der Waals surface area (Å²) in [5, 5.41) is 0. The van der Waals surface area contributed by atoms with E-state index in [1.165, 1.54) is 0 Å². The van der Waals surface area contributed by atoms with Gasteiger partial charge in [-0.2, -0.15) is 0 Å². The van der Waals surface area contributed by atoms with Crippen molar-refractivity contribution in [1.29, 1.82) is 0 Å². The van der Waals surface area contributed by atoms with E-state index in [4.69, 9.17) is 16.3 Å². The molecule has 4 heteroatoms. The van der Waals surface area contributed by atoms with Crippen LogP contribution in [0.4, 0.5) is 5.69 Å². The van der Waals surface area contributed by atoms with Gasteiger partial charge in [0, 0.05) is 19.3 Å². The molecule has 0 spiro atoms. The van der Waals surface area contributed by atoms with Crippen molar-refractivity contribution in [3.63, 3.8) is 0 Å². The molecular weight excluding hydrogens is 226 g/mol. The van der Waals surface area contributed by atoms with Crippen LogP contribution in [0.25, 0.3) is 0 Å². The summed E-state index contributed by atoms with van der Waals surface area (Å²) in [4.78, 5) is 13.4. The monoisotopic (exact) mass is 241 g/mol. The van der Waals surface area contributed by atoms with Crippen LogP contribution in [-0.2, 0) is 4.79 Å². The van der Waals surface area contributed by atoms with E-state index in [1.54, 1.807) is 19.1 Å². The second kappa shape index (κ2) is 6.38. The van der Waals surface area contributed by atoms with Crippen molar-refractivity contribution in [2.45, 2.75) is 12.8 Å². The van der Waals surface area contributed by atoms with Gasteiger partial charge in [-0.25, -0.2) is 0 Å². The highest BCUT2D eigenvalue weighted by molar-refractivity contribution is 6.18. The Kier molecular flexibility index (Phi) is 5.12. The standard InChI is InChI=1S/C12H16ClNO2/c1-14(12(15)8-5-9-13)10-6-3-4-7-11(10)16-2/h3-4,6-7H,5,8-9H2,1-2H3. The Morgan fingerprint density at radius 2 is 2.12 bits per heavy atom. The zero-order chi connectivity index (χ0) is 12.0. The Morgan fingerprint density at radius 3 is 2.75 bits per heavy atom. The summed E-state index contributed by atoms with van der Waals surface area (Å²) < 4.78 is 5.20. The first kappa shape index (κ1) is 12.8. The van der Waals surface area contributed by atoms with Gasteiger partial charge in [-0.1, -0.05) is 12.1 Å². The molecule has 0 aromatic heterocycles. The quantitative estimate of drug-likeness (QED) is 0.742. The van der Waals surface area contributed by atoms with Gasteiger partial charge in [-0.15, -0.1) is 11.6 Å². The molecule has 0 saturated heterocycles. The van der Waals surface area contributed by atoms with Crippen LogP contribution < -0.4 is 9.64 Å². The van der Waals surface area contributed by atoms with Crippen molar-refractivity contribution in [3.05, 3.63) is 24.3 Å². The molecule has 1 rings (SSSR count). The Morgan fingerprint density at radius 1 is 1.44 bits per heavy atom. The van der Waals surface area contributed by atoms with Crippen LogP contribution in [0.1, 0.15) is 12.8 Å². The van der Waals surface area contributed by atoms with Gasteiger partial charge < -0.3 is 9.64 Å². The summed E-state index contributed by atoms with van der Waals surface area (Å²) in [6.07, 6.45) is 1.15. The normalized spacial score (nSPS) is 9.94. The zero-order valence-corrected chi connectivity index (χ0v) is 10.3. The van der Waals surface area contributed by atoms with E-state index in [9.17, 15) is 4.79 Å². The second-order valence-electron chi connectivity index (χ2n) is 3.42. The number of benzene rings is 1. The van der Waals surface area contributed by atoms with Crippen molar-refractivity contribution in [2.75, 3.05) is 24.9 Å². The Balaban J connectivity index is 2.78. The molecule has 1 amide bonds. The molecule has 0 radical (unpaired) electrons. The number of nitrogens with zero attached hydrogens (tertiary/aromatic N) is 1. The number of carbonyl (C=O) groups excluding carboxylic acids is 1. The molecule has 1 aromatic carbocycles. The minimum absolute atomic E-state index is 0.0464. The van der Waals surface area contributed by atoms with E-state index in [0.717, 1.165) is 5.69 Å². The number of alkyl halides is 1. The maximum atomic E-state index is 11.8. The lowest BCUT2D eigenvalue weighted by Gasteiger charge is -2.19. The fraction of sp³-hybridized carbons (Fsp3) is 0.417. The summed E-state index contributed by atoms with van der Waals surface area (Å²) in [7, 11) is 3.34. The molecular formula is C12H16ClNO2. The average Bonchev–Trinajstić information content (AvgIpc) is 2.34. The molecule has 3 nitrogen and oxygen atoms in total. The predicted molar refractivity (Wildman–Crippen MR) is 66.4 cm³/mol. The second-order valence-corrected chi connectivity index (χ2v) is 3.80. The Hall–Kier alpha value is -1.22. The summed E-state index contributed by atoms with van der Waals surface area (Å²) in [6.45, 7) is 0. The first-order valence-corrected chi connectivity index (χ1v) is 5.69. The number of hydrogen-bond donors (Lipinski definition) is 0. The predicted octanol–water partition coefficient (Wildman–Crippen LogP) is 2.68. The number of halogens is 1. The molecule has 0 N–H and O–H groups in total. The molecule has 0 aliphatic carbocycles. The number of ether oxygens (including phenoxy) is 1. The molecule has 16 heavy (non-hydrogen) atoms. The topological polar surface area (TPSA) is 29.5 Å². The number of hydrogen-bond acceptors (Lipinski definition) is 2. The van der Waals surface area contributed by atoms with Crippen molar-refractivity contribution in [3.8, 4) is 5.75 Å². The molecule has 0 heterocycles. The maximum Gasteiger partial charge on any atom is 0.226 e. The minimum atomic E-state index is 0.0464. The van der Waals surface area contributed by atoms with E-state index >= 15 is 0 Å². The van der Waals surface area contributed by atoms with Crippen molar-refractivity contribution >= 4 is 23.2 Å². The van der Waals surface area contributed by atoms with Gasteiger partial charge in [0.25, 0.3) is 0 Å². The van der Waals surface area contributed by atoms with Crippen LogP contribution in [-0.4, -0.2) is 25.9 Å². The lowest BCUT2D eigenvalue weighted by Crippen LogP contribution is -2.26. The van der Waals surface area contributed by atoms with Crippen LogP contribution >= 0.6 is 11.6 Å². The summed E-state index contributed by atoms with van der Waals surface area (Å²) in [6, 6.07) is 7.45. The van der Waals surface area contributed by atoms with Crippen LogP contribution in [0.2, 0.25) is 0 Å². The first-order chi connectivity index (χ1) is 7.70. The third kappa shape index (κ3) is 3.14. The SMILES string of the molecule is COc1ccccc1N(C)C(=O)CCCCl. The first-order valence-electron chi connectivity index (χ1n) is 5.16. The van der Waals surface area contributed by atoms with Crippen molar-refractivity contribution in [1.82, 2.24) is 0 Å². The van der Waals surface area contributed by atoms with Gasteiger partial charge in [0.1, 0.15) is 5.75 Å². The third-order valence-corrected chi connectivity index (χ3v) is 2.61. The van der Waals surface area contributed by atoms with Gasteiger partial charge in [-0.3, -0.25) is 4.79 Å². The van der Waals surface area contributed by atoms with Gasteiger partial charge in [0.15, 0.2) is 0 Å². The Labute approximate surface area is 101 Å². The largest absolute Gasteiger partial charge is 0.495 e. The van der Waals surface area contributed by atoms with Gasteiger partial charge in [-0.05, 0) is 18.6 Å². The molecule has 0 atom stereocenters. The minimum Gasteiger partial charge on any atom is -0.495 e. The number of para-hydroxylation sites is 2.